The first-order valence-electron chi connectivity index (χ1n) is 10.3. The Kier molecular flexibility index (Phi) is 8.52. The number of esters is 2. The smallest absolute Gasteiger partial charge is 0.367 e. The minimum Gasteiger partial charge on any atom is -0.459 e. The Bertz CT molecular complexity index is 1170. The average molecular weight is 489 g/mol. The van der Waals surface area contributed by atoms with Crippen LogP contribution in [0.3, 0.4) is 0 Å². The molecular weight excluding hydrogens is 464 g/mol. The number of carbonyl (C=O) groups is 2. The molecule has 0 spiro atoms. The minimum absolute atomic E-state index is 0.173. The number of benzene rings is 2. The Hall–Kier alpha value is -3.54. The minimum atomic E-state index is -4.26. The van der Waals surface area contributed by atoms with Crippen molar-refractivity contribution in [3.63, 3.8) is 0 Å². The van der Waals surface area contributed by atoms with Crippen molar-refractivity contribution in [2.75, 3.05) is 6.61 Å². The Labute approximate surface area is 197 Å². The van der Waals surface area contributed by atoms with Gasteiger partial charge in [-0.05, 0) is 38.1 Å². The second kappa shape index (κ2) is 11.5. The zero-order valence-corrected chi connectivity index (χ0v) is 19.3. The van der Waals surface area contributed by atoms with E-state index in [1.165, 1.54) is 31.5 Å². The maximum Gasteiger partial charge on any atom is 0.367 e. The van der Waals surface area contributed by atoms with E-state index in [0.717, 1.165) is 10.3 Å². The van der Waals surface area contributed by atoms with Gasteiger partial charge in [0.2, 0.25) is 6.29 Å². The molecule has 0 N–H and O–H groups in total. The number of aromatic nitrogens is 2. The molecule has 0 aliphatic heterocycles. The van der Waals surface area contributed by atoms with Crippen LogP contribution in [0.2, 0.25) is 0 Å². The van der Waals surface area contributed by atoms with Crippen LogP contribution in [0.15, 0.2) is 79.4 Å². The number of ether oxygens (including phenoxy) is 3. The predicted octanol–water partition coefficient (Wildman–Crippen LogP) is 2.83. The summed E-state index contributed by atoms with van der Waals surface area (Å²) in [5.41, 5.74) is 0.605. The van der Waals surface area contributed by atoms with Crippen LogP contribution in [0.4, 0.5) is 0 Å². The van der Waals surface area contributed by atoms with Gasteiger partial charge < -0.3 is 14.2 Å². The molecule has 0 saturated carbocycles. The van der Waals surface area contributed by atoms with Gasteiger partial charge in [-0.25, -0.2) is 22.7 Å². The average Bonchev–Trinajstić information content (AvgIpc) is 3.39. The van der Waals surface area contributed by atoms with Crippen molar-refractivity contribution in [2.24, 2.45) is 0 Å². The normalized spacial score (nSPS) is 14.1. The van der Waals surface area contributed by atoms with E-state index < -0.39 is 40.7 Å². The van der Waals surface area contributed by atoms with Crippen LogP contribution in [-0.4, -0.2) is 54.4 Å². The number of hydrogen-bond donors (Lipinski definition) is 0. The second-order valence-electron chi connectivity index (χ2n) is 7.20. The molecule has 1 unspecified atom stereocenters. The summed E-state index contributed by atoms with van der Waals surface area (Å²) in [7, 11) is -4.26. The third kappa shape index (κ3) is 6.98. The van der Waals surface area contributed by atoms with Crippen molar-refractivity contribution >= 4 is 22.2 Å². The molecule has 3 atom stereocenters. The fourth-order valence-electron chi connectivity index (χ4n) is 2.77. The Morgan fingerprint density at radius 2 is 1.53 bits per heavy atom. The molecule has 180 valence electrons. The number of rotatable bonds is 11. The van der Waals surface area contributed by atoms with Crippen LogP contribution in [0.1, 0.15) is 34.6 Å². The molecule has 0 fully saturated rings. The summed E-state index contributed by atoms with van der Waals surface area (Å²) in [5.74, 6) is -1.30. The predicted molar refractivity (Wildman–Crippen MR) is 120 cm³/mol. The maximum absolute atomic E-state index is 12.6. The Balaban J connectivity index is 1.68. The van der Waals surface area contributed by atoms with Crippen molar-refractivity contribution in [3.8, 4) is 0 Å². The molecule has 0 bridgehead atoms. The molecule has 0 aliphatic rings. The van der Waals surface area contributed by atoms with E-state index in [2.05, 4.69) is 4.98 Å². The van der Waals surface area contributed by atoms with Crippen LogP contribution in [0.5, 0.6) is 0 Å². The quantitative estimate of drug-likeness (QED) is 0.296. The number of carbonyl (C=O) groups excluding carboxylic acids is 2. The molecule has 0 amide bonds. The molecule has 11 heteroatoms. The van der Waals surface area contributed by atoms with Crippen LogP contribution in [0, 0.1) is 0 Å². The molecule has 2 aromatic carbocycles. The van der Waals surface area contributed by atoms with Gasteiger partial charge in [-0.2, -0.15) is 8.42 Å². The third-order valence-corrected chi connectivity index (χ3v) is 5.73. The van der Waals surface area contributed by atoms with Gasteiger partial charge in [-0.15, -0.1) is 0 Å². The van der Waals surface area contributed by atoms with E-state index in [4.69, 9.17) is 18.4 Å². The maximum atomic E-state index is 12.6. The molecule has 34 heavy (non-hydrogen) atoms. The highest BCUT2D eigenvalue weighted by atomic mass is 32.2. The highest BCUT2D eigenvalue weighted by Gasteiger charge is 2.31. The first-order valence-corrected chi connectivity index (χ1v) is 11.7. The number of nitrogens with zero attached hydrogens (tertiary/aromatic N) is 2. The lowest BCUT2D eigenvalue weighted by Gasteiger charge is -2.26. The van der Waals surface area contributed by atoms with Crippen LogP contribution >= 0.6 is 0 Å². The van der Waals surface area contributed by atoms with E-state index in [0.29, 0.717) is 5.56 Å². The van der Waals surface area contributed by atoms with Gasteiger partial charge >= 0.3 is 22.2 Å². The summed E-state index contributed by atoms with van der Waals surface area (Å²) in [6.07, 6.45) is 0.0871. The zero-order valence-electron chi connectivity index (χ0n) is 18.5. The third-order valence-electron chi connectivity index (χ3n) is 4.45. The first kappa shape index (κ1) is 25.1. The zero-order chi connectivity index (χ0) is 24.6. The largest absolute Gasteiger partial charge is 0.459 e. The first-order chi connectivity index (χ1) is 16.3. The summed E-state index contributed by atoms with van der Waals surface area (Å²) in [6.45, 7) is 2.78. The SMILES string of the molecule is CC(OS(=O)(=O)n1ccnc1)[C@@H](OC(=O)c1ccccc1)O[C@@H](C)COC(=O)c1ccccc1. The number of hydrogen-bond acceptors (Lipinski definition) is 9. The summed E-state index contributed by atoms with van der Waals surface area (Å²) < 4.78 is 47.2. The topological polar surface area (TPSA) is 123 Å². The van der Waals surface area contributed by atoms with E-state index in [1.807, 2.05) is 0 Å². The van der Waals surface area contributed by atoms with E-state index >= 15 is 0 Å². The summed E-state index contributed by atoms with van der Waals surface area (Å²) in [5, 5.41) is 0. The van der Waals surface area contributed by atoms with Gasteiger partial charge in [0.15, 0.2) is 0 Å². The number of imidazole rings is 1. The monoisotopic (exact) mass is 488 g/mol. The highest BCUT2D eigenvalue weighted by Crippen LogP contribution is 2.16. The van der Waals surface area contributed by atoms with Crippen molar-refractivity contribution in [1.82, 2.24) is 8.96 Å². The molecule has 3 aromatic rings. The van der Waals surface area contributed by atoms with E-state index in [9.17, 15) is 18.0 Å². The lowest BCUT2D eigenvalue weighted by atomic mass is 10.2. The van der Waals surface area contributed by atoms with Gasteiger partial charge in [0.1, 0.15) is 19.0 Å². The van der Waals surface area contributed by atoms with Crippen LogP contribution < -0.4 is 0 Å². The van der Waals surface area contributed by atoms with Gasteiger partial charge in [0, 0.05) is 12.4 Å². The summed E-state index contributed by atoms with van der Waals surface area (Å²) >= 11 is 0. The molecule has 0 aliphatic carbocycles. The molecular formula is C23H24N2O8S. The summed E-state index contributed by atoms with van der Waals surface area (Å²) in [6, 6.07) is 16.5. The van der Waals surface area contributed by atoms with Crippen molar-refractivity contribution < 1.29 is 36.4 Å². The molecule has 10 nitrogen and oxygen atoms in total. The van der Waals surface area contributed by atoms with Crippen molar-refractivity contribution in [3.05, 3.63) is 90.5 Å². The molecule has 1 aromatic heterocycles. The molecule has 0 saturated heterocycles. The summed E-state index contributed by atoms with van der Waals surface area (Å²) in [4.78, 5) is 28.4. The fraction of sp³-hybridized carbons (Fsp3) is 0.261. The van der Waals surface area contributed by atoms with Gasteiger partial charge in [-0.3, -0.25) is 0 Å². The highest BCUT2D eigenvalue weighted by molar-refractivity contribution is 7.85. The standard InChI is InChI=1S/C23H24N2O8S/c1-17(15-30-21(26)19-9-5-3-6-10-19)31-23(32-22(27)20-11-7-4-8-12-20)18(2)33-34(28,29)25-14-13-24-16-25/h3-14,16-18,23H,15H2,1-2H3/t17-,18?,23+/m0/s1. The lowest BCUT2D eigenvalue weighted by molar-refractivity contribution is -0.181. The molecule has 0 radical (unpaired) electrons. The van der Waals surface area contributed by atoms with Gasteiger partial charge in [0.25, 0.3) is 0 Å². The van der Waals surface area contributed by atoms with E-state index in [1.54, 1.807) is 55.5 Å². The fourth-order valence-corrected chi connectivity index (χ4v) is 3.71. The van der Waals surface area contributed by atoms with Gasteiger partial charge in [0.05, 0.1) is 17.2 Å². The van der Waals surface area contributed by atoms with E-state index in [-0.39, 0.29) is 12.2 Å². The van der Waals surface area contributed by atoms with Crippen molar-refractivity contribution in [2.45, 2.75) is 32.3 Å². The molecule has 1 heterocycles. The molecule has 3 rings (SSSR count). The van der Waals surface area contributed by atoms with Crippen LogP contribution in [-0.2, 0) is 28.7 Å². The lowest BCUT2D eigenvalue weighted by Crippen LogP contribution is -2.39. The van der Waals surface area contributed by atoms with Crippen LogP contribution in [0.25, 0.3) is 0 Å². The Morgan fingerprint density at radius 1 is 0.941 bits per heavy atom. The van der Waals surface area contributed by atoms with Gasteiger partial charge in [-0.1, -0.05) is 36.4 Å². The Morgan fingerprint density at radius 3 is 2.09 bits per heavy atom. The second-order valence-corrected chi connectivity index (χ2v) is 8.67. The van der Waals surface area contributed by atoms with Crippen molar-refractivity contribution in [1.29, 1.82) is 0 Å².